The van der Waals surface area contributed by atoms with Crippen LogP contribution in [0.4, 0.5) is 4.39 Å². The van der Waals surface area contributed by atoms with Crippen LogP contribution in [0.2, 0.25) is 0 Å². The zero-order valence-electron chi connectivity index (χ0n) is 12.4. The van der Waals surface area contributed by atoms with E-state index >= 15 is 0 Å². The molecule has 2 rings (SSSR count). The fourth-order valence-electron chi connectivity index (χ4n) is 2.88. The standard InChI is InChI=1S/C16H23FN2O/c1-10(2)9-19-15(20)7-6-14(18)16(19)12-8-11(3)4-5-13(12)17/h4-5,8,10,14,16H,6-7,9,18H2,1-3H3. The van der Waals surface area contributed by atoms with E-state index in [1.165, 1.54) is 6.07 Å². The highest BCUT2D eigenvalue weighted by molar-refractivity contribution is 5.78. The summed E-state index contributed by atoms with van der Waals surface area (Å²) in [6.45, 7) is 6.64. The van der Waals surface area contributed by atoms with Crippen molar-refractivity contribution in [1.29, 1.82) is 0 Å². The Morgan fingerprint density at radius 3 is 2.80 bits per heavy atom. The van der Waals surface area contributed by atoms with Gasteiger partial charge in [-0.2, -0.15) is 0 Å². The van der Waals surface area contributed by atoms with E-state index in [9.17, 15) is 9.18 Å². The minimum absolute atomic E-state index is 0.0753. The molecule has 110 valence electrons. The molecule has 0 bridgehead atoms. The minimum atomic E-state index is -0.349. The van der Waals surface area contributed by atoms with E-state index in [4.69, 9.17) is 5.73 Å². The molecule has 1 fully saturated rings. The number of amides is 1. The molecule has 1 saturated heterocycles. The molecule has 1 aromatic carbocycles. The predicted molar refractivity (Wildman–Crippen MR) is 77.6 cm³/mol. The Kier molecular flexibility index (Phi) is 4.43. The monoisotopic (exact) mass is 278 g/mol. The van der Waals surface area contributed by atoms with Crippen LogP contribution in [0.15, 0.2) is 18.2 Å². The van der Waals surface area contributed by atoms with Crippen LogP contribution in [-0.4, -0.2) is 23.4 Å². The summed E-state index contributed by atoms with van der Waals surface area (Å²) in [5.74, 6) is 0.130. The third kappa shape index (κ3) is 3.01. The highest BCUT2D eigenvalue weighted by Crippen LogP contribution is 2.33. The van der Waals surface area contributed by atoms with Gasteiger partial charge in [-0.25, -0.2) is 4.39 Å². The molecule has 2 atom stereocenters. The molecule has 1 aliphatic rings. The third-order valence-corrected chi connectivity index (χ3v) is 3.79. The fourth-order valence-corrected chi connectivity index (χ4v) is 2.88. The van der Waals surface area contributed by atoms with Crippen LogP contribution >= 0.6 is 0 Å². The van der Waals surface area contributed by atoms with Crippen molar-refractivity contribution in [3.05, 3.63) is 35.1 Å². The van der Waals surface area contributed by atoms with Crippen LogP contribution in [0, 0.1) is 18.7 Å². The van der Waals surface area contributed by atoms with Crippen LogP contribution in [0.1, 0.15) is 43.9 Å². The molecule has 1 aromatic rings. The number of likely N-dealkylation sites (tertiary alicyclic amines) is 1. The van der Waals surface area contributed by atoms with Crippen molar-refractivity contribution in [2.24, 2.45) is 11.7 Å². The number of aryl methyl sites for hydroxylation is 1. The first-order chi connectivity index (χ1) is 9.40. The number of benzene rings is 1. The first-order valence-corrected chi connectivity index (χ1v) is 7.21. The molecule has 4 heteroatoms. The molecule has 2 N–H and O–H groups in total. The molecule has 3 nitrogen and oxygen atoms in total. The van der Waals surface area contributed by atoms with Crippen molar-refractivity contribution in [2.75, 3.05) is 6.54 Å². The van der Waals surface area contributed by atoms with Gasteiger partial charge < -0.3 is 10.6 Å². The first kappa shape index (κ1) is 15.0. The molecule has 0 spiro atoms. The Hall–Kier alpha value is -1.42. The second-order valence-corrected chi connectivity index (χ2v) is 6.11. The van der Waals surface area contributed by atoms with Gasteiger partial charge >= 0.3 is 0 Å². The molecule has 1 amide bonds. The smallest absolute Gasteiger partial charge is 0.223 e. The number of nitrogens with zero attached hydrogens (tertiary/aromatic N) is 1. The van der Waals surface area contributed by atoms with E-state index in [0.717, 1.165) is 5.56 Å². The van der Waals surface area contributed by atoms with Crippen molar-refractivity contribution in [1.82, 2.24) is 4.90 Å². The van der Waals surface area contributed by atoms with Gasteiger partial charge in [-0.3, -0.25) is 4.79 Å². The Morgan fingerprint density at radius 1 is 1.45 bits per heavy atom. The molecule has 0 aromatic heterocycles. The van der Waals surface area contributed by atoms with Crippen molar-refractivity contribution in [2.45, 2.75) is 45.7 Å². The van der Waals surface area contributed by atoms with Gasteiger partial charge in [-0.1, -0.05) is 31.5 Å². The molecule has 2 unspecified atom stereocenters. The van der Waals surface area contributed by atoms with E-state index in [1.807, 2.05) is 13.0 Å². The van der Waals surface area contributed by atoms with Crippen LogP contribution in [0.25, 0.3) is 0 Å². The Balaban J connectivity index is 2.41. The maximum absolute atomic E-state index is 14.2. The molecule has 1 aliphatic heterocycles. The van der Waals surface area contributed by atoms with E-state index in [-0.39, 0.29) is 23.8 Å². The summed E-state index contributed by atoms with van der Waals surface area (Å²) < 4.78 is 14.2. The van der Waals surface area contributed by atoms with Gasteiger partial charge in [-0.15, -0.1) is 0 Å². The van der Waals surface area contributed by atoms with Crippen molar-refractivity contribution in [3.63, 3.8) is 0 Å². The van der Waals surface area contributed by atoms with Crippen molar-refractivity contribution in [3.8, 4) is 0 Å². The quantitative estimate of drug-likeness (QED) is 0.924. The summed E-state index contributed by atoms with van der Waals surface area (Å²) in [4.78, 5) is 14.0. The normalized spacial score (nSPS) is 23.5. The fraction of sp³-hybridized carbons (Fsp3) is 0.562. The minimum Gasteiger partial charge on any atom is -0.334 e. The molecule has 0 saturated carbocycles. The number of hydrogen-bond donors (Lipinski definition) is 1. The zero-order valence-corrected chi connectivity index (χ0v) is 12.4. The van der Waals surface area contributed by atoms with Gasteiger partial charge in [0.1, 0.15) is 5.82 Å². The number of piperidine rings is 1. The topological polar surface area (TPSA) is 46.3 Å². The highest BCUT2D eigenvalue weighted by atomic mass is 19.1. The van der Waals surface area contributed by atoms with E-state index in [1.54, 1.807) is 11.0 Å². The van der Waals surface area contributed by atoms with E-state index in [0.29, 0.717) is 30.9 Å². The van der Waals surface area contributed by atoms with Crippen LogP contribution < -0.4 is 5.73 Å². The molecular formula is C16H23FN2O. The van der Waals surface area contributed by atoms with Crippen LogP contribution in [-0.2, 0) is 4.79 Å². The maximum atomic E-state index is 14.2. The Morgan fingerprint density at radius 2 is 2.15 bits per heavy atom. The lowest BCUT2D eigenvalue weighted by atomic mass is 9.89. The number of hydrogen-bond acceptors (Lipinski definition) is 2. The molecule has 0 aliphatic carbocycles. The Bertz CT molecular complexity index is 501. The largest absolute Gasteiger partial charge is 0.334 e. The summed E-state index contributed by atoms with van der Waals surface area (Å²) in [5.41, 5.74) is 7.73. The van der Waals surface area contributed by atoms with Crippen molar-refractivity contribution < 1.29 is 9.18 Å². The number of nitrogens with two attached hydrogens (primary N) is 1. The molecule has 1 heterocycles. The van der Waals surface area contributed by atoms with Gasteiger partial charge in [0.25, 0.3) is 0 Å². The van der Waals surface area contributed by atoms with Gasteiger partial charge in [0.05, 0.1) is 6.04 Å². The van der Waals surface area contributed by atoms with Crippen LogP contribution in [0.3, 0.4) is 0 Å². The van der Waals surface area contributed by atoms with Gasteiger partial charge in [-0.05, 0) is 25.3 Å². The number of halogens is 1. The maximum Gasteiger partial charge on any atom is 0.223 e. The summed E-state index contributed by atoms with van der Waals surface area (Å²) in [6, 6.07) is 4.46. The summed E-state index contributed by atoms with van der Waals surface area (Å²) in [7, 11) is 0. The molecule has 0 radical (unpaired) electrons. The van der Waals surface area contributed by atoms with Gasteiger partial charge in [0.15, 0.2) is 0 Å². The third-order valence-electron chi connectivity index (χ3n) is 3.79. The average molecular weight is 278 g/mol. The predicted octanol–water partition coefficient (Wildman–Crippen LogP) is 2.78. The number of rotatable bonds is 3. The number of carbonyl (C=O) groups excluding carboxylic acids is 1. The van der Waals surface area contributed by atoms with E-state index in [2.05, 4.69) is 13.8 Å². The summed E-state index contributed by atoms with van der Waals surface area (Å²) >= 11 is 0. The van der Waals surface area contributed by atoms with Crippen molar-refractivity contribution >= 4 is 5.91 Å². The lowest BCUT2D eigenvalue weighted by Crippen LogP contribution is -2.50. The Labute approximate surface area is 120 Å². The lowest BCUT2D eigenvalue weighted by Gasteiger charge is -2.41. The zero-order chi connectivity index (χ0) is 14.9. The second-order valence-electron chi connectivity index (χ2n) is 6.11. The average Bonchev–Trinajstić information content (AvgIpc) is 2.37. The SMILES string of the molecule is Cc1ccc(F)c(C2C(N)CCC(=O)N2CC(C)C)c1. The van der Waals surface area contributed by atoms with Gasteiger partial charge in [0, 0.05) is 24.6 Å². The highest BCUT2D eigenvalue weighted by Gasteiger charge is 2.36. The van der Waals surface area contributed by atoms with Crippen LogP contribution in [0.5, 0.6) is 0 Å². The summed E-state index contributed by atoms with van der Waals surface area (Å²) in [5, 5.41) is 0. The summed E-state index contributed by atoms with van der Waals surface area (Å²) in [6.07, 6.45) is 1.07. The first-order valence-electron chi connectivity index (χ1n) is 7.21. The lowest BCUT2D eigenvalue weighted by molar-refractivity contribution is -0.138. The molecular weight excluding hydrogens is 255 g/mol. The van der Waals surface area contributed by atoms with Gasteiger partial charge in [0.2, 0.25) is 5.91 Å². The second kappa shape index (κ2) is 5.92. The number of carbonyl (C=O) groups is 1. The molecule has 20 heavy (non-hydrogen) atoms. The van der Waals surface area contributed by atoms with E-state index < -0.39 is 0 Å².